The van der Waals surface area contributed by atoms with Crippen LogP contribution in [0.5, 0.6) is 0 Å². The highest BCUT2D eigenvalue weighted by Gasteiger charge is 2.21. The summed E-state index contributed by atoms with van der Waals surface area (Å²) < 4.78 is 39.9. The molecule has 104 valence electrons. The number of halogens is 1. The summed E-state index contributed by atoms with van der Waals surface area (Å²) in [6.45, 7) is 1.80. The zero-order valence-electron chi connectivity index (χ0n) is 10.4. The summed E-state index contributed by atoms with van der Waals surface area (Å²) >= 11 is 1.40. The summed E-state index contributed by atoms with van der Waals surface area (Å²) in [6.07, 6.45) is 0. The maximum absolute atomic E-state index is 13.4. The second-order valence-corrected chi connectivity index (χ2v) is 6.70. The Kier molecular flexibility index (Phi) is 4.13. The molecule has 0 aliphatic heterocycles. The van der Waals surface area contributed by atoms with Gasteiger partial charge in [-0.3, -0.25) is 0 Å². The van der Waals surface area contributed by atoms with Gasteiger partial charge in [-0.1, -0.05) is 6.07 Å². The molecule has 2 rings (SSSR count). The van der Waals surface area contributed by atoms with Crippen LogP contribution in [-0.2, 0) is 16.6 Å². The molecule has 5 nitrogen and oxygen atoms in total. The third-order valence-corrected chi connectivity index (χ3v) is 4.75. The Bertz CT molecular complexity index is 778. The topological polar surface area (TPSA) is 82.8 Å². The van der Waals surface area contributed by atoms with E-state index in [9.17, 15) is 12.8 Å². The maximum Gasteiger partial charge on any atom is 0.242 e. The first-order chi connectivity index (χ1) is 9.44. The van der Waals surface area contributed by atoms with Gasteiger partial charge in [0.15, 0.2) is 0 Å². The molecule has 0 spiro atoms. The third kappa shape index (κ3) is 3.01. The Morgan fingerprint density at radius 3 is 2.85 bits per heavy atom. The van der Waals surface area contributed by atoms with Gasteiger partial charge in [-0.05, 0) is 19.1 Å². The first kappa shape index (κ1) is 14.6. The lowest BCUT2D eigenvalue weighted by Gasteiger charge is -2.07. The average molecular weight is 311 g/mol. The molecular formula is C12H10FN3O2S2. The van der Waals surface area contributed by atoms with Crippen LogP contribution in [0, 0.1) is 24.1 Å². The lowest BCUT2D eigenvalue weighted by molar-refractivity contribution is 0.575. The molecular weight excluding hydrogens is 301 g/mol. The fourth-order valence-corrected chi connectivity index (χ4v) is 3.35. The van der Waals surface area contributed by atoms with E-state index in [1.165, 1.54) is 23.5 Å². The lowest BCUT2D eigenvalue weighted by atomic mass is 10.2. The Labute approximate surface area is 119 Å². The number of rotatable bonds is 4. The fourth-order valence-electron chi connectivity index (χ4n) is 1.57. The van der Waals surface area contributed by atoms with Crippen molar-refractivity contribution in [2.45, 2.75) is 18.4 Å². The van der Waals surface area contributed by atoms with E-state index in [0.29, 0.717) is 5.69 Å². The van der Waals surface area contributed by atoms with Crippen molar-refractivity contribution in [2.24, 2.45) is 0 Å². The van der Waals surface area contributed by atoms with Gasteiger partial charge in [-0.2, -0.15) is 5.26 Å². The molecule has 1 heterocycles. The molecule has 0 unspecified atom stereocenters. The van der Waals surface area contributed by atoms with Gasteiger partial charge in [0.25, 0.3) is 0 Å². The molecule has 1 N–H and O–H groups in total. The SMILES string of the molecule is Cc1nc(CNS(=O)(=O)c2cccc(F)c2C#N)cs1. The number of benzene rings is 1. The van der Waals surface area contributed by atoms with E-state index in [2.05, 4.69) is 9.71 Å². The molecule has 1 aromatic heterocycles. The predicted molar refractivity (Wildman–Crippen MR) is 72.0 cm³/mol. The van der Waals surface area contributed by atoms with Crippen molar-refractivity contribution in [3.63, 3.8) is 0 Å². The Balaban J connectivity index is 2.27. The van der Waals surface area contributed by atoms with Gasteiger partial charge in [0, 0.05) is 5.38 Å². The molecule has 0 fully saturated rings. The van der Waals surface area contributed by atoms with Crippen molar-refractivity contribution in [2.75, 3.05) is 0 Å². The summed E-state index contributed by atoms with van der Waals surface area (Å²) in [4.78, 5) is 3.75. The molecule has 0 saturated carbocycles. The average Bonchev–Trinajstić information content (AvgIpc) is 2.82. The standard InChI is InChI=1S/C12H10FN3O2S2/c1-8-16-9(7-19-8)6-15-20(17,18)12-4-2-3-11(13)10(12)5-14/h2-4,7,15H,6H2,1H3. The number of nitrogens with zero attached hydrogens (tertiary/aromatic N) is 2. The summed E-state index contributed by atoms with van der Waals surface area (Å²) in [5, 5.41) is 11.4. The number of thiazole rings is 1. The van der Waals surface area contributed by atoms with Crippen LogP contribution in [0.2, 0.25) is 0 Å². The first-order valence-corrected chi connectivity index (χ1v) is 7.89. The van der Waals surface area contributed by atoms with Crippen LogP contribution in [0.15, 0.2) is 28.5 Å². The van der Waals surface area contributed by atoms with E-state index in [4.69, 9.17) is 5.26 Å². The first-order valence-electron chi connectivity index (χ1n) is 5.53. The van der Waals surface area contributed by atoms with Gasteiger partial charge in [0.2, 0.25) is 10.0 Å². The lowest BCUT2D eigenvalue weighted by Crippen LogP contribution is -2.24. The van der Waals surface area contributed by atoms with Gasteiger partial charge in [0.05, 0.1) is 17.2 Å². The molecule has 20 heavy (non-hydrogen) atoms. The monoisotopic (exact) mass is 311 g/mol. The third-order valence-electron chi connectivity index (χ3n) is 2.49. The van der Waals surface area contributed by atoms with Crippen molar-refractivity contribution < 1.29 is 12.8 Å². The minimum Gasteiger partial charge on any atom is -0.245 e. The van der Waals surface area contributed by atoms with Crippen molar-refractivity contribution in [1.29, 1.82) is 5.26 Å². The van der Waals surface area contributed by atoms with Gasteiger partial charge < -0.3 is 0 Å². The van der Waals surface area contributed by atoms with Gasteiger partial charge in [-0.25, -0.2) is 22.5 Å². The number of aromatic nitrogens is 1. The number of aryl methyl sites for hydroxylation is 1. The van der Waals surface area contributed by atoms with E-state index in [1.807, 2.05) is 6.92 Å². The quantitative estimate of drug-likeness (QED) is 0.935. The number of hydrogen-bond donors (Lipinski definition) is 1. The van der Waals surface area contributed by atoms with E-state index in [1.54, 1.807) is 11.4 Å². The fraction of sp³-hybridized carbons (Fsp3) is 0.167. The Hall–Kier alpha value is -1.82. The number of nitrogens with one attached hydrogen (secondary N) is 1. The normalized spacial score (nSPS) is 11.2. The second kappa shape index (κ2) is 5.66. The predicted octanol–water partition coefficient (Wildman–Crippen LogP) is 1.94. The molecule has 0 bridgehead atoms. The van der Waals surface area contributed by atoms with Crippen molar-refractivity contribution in [1.82, 2.24) is 9.71 Å². The van der Waals surface area contributed by atoms with Gasteiger partial charge in [-0.15, -0.1) is 11.3 Å². The van der Waals surface area contributed by atoms with Crippen LogP contribution >= 0.6 is 11.3 Å². The second-order valence-electron chi connectivity index (χ2n) is 3.91. The largest absolute Gasteiger partial charge is 0.245 e. The van der Waals surface area contributed by atoms with Crippen molar-refractivity contribution in [3.05, 3.63) is 45.7 Å². The summed E-state index contributed by atoms with van der Waals surface area (Å²) in [7, 11) is -3.96. The van der Waals surface area contributed by atoms with Crippen molar-refractivity contribution in [3.8, 4) is 6.07 Å². The number of nitriles is 1. The van der Waals surface area contributed by atoms with Crippen LogP contribution in [0.3, 0.4) is 0 Å². The highest BCUT2D eigenvalue weighted by atomic mass is 32.2. The van der Waals surface area contributed by atoms with Crippen molar-refractivity contribution >= 4 is 21.4 Å². The van der Waals surface area contributed by atoms with Crippen LogP contribution in [0.25, 0.3) is 0 Å². The minimum absolute atomic E-state index is 0.00590. The molecule has 1 aromatic carbocycles. The minimum atomic E-state index is -3.96. The molecule has 0 amide bonds. The Morgan fingerprint density at radius 2 is 2.25 bits per heavy atom. The molecule has 0 aliphatic rings. The highest BCUT2D eigenvalue weighted by molar-refractivity contribution is 7.89. The smallest absolute Gasteiger partial charge is 0.242 e. The number of sulfonamides is 1. The Morgan fingerprint density at radius 1 is 1.50 bits per heavy atom. The van der Waals surface area contributed by atoms with Crippen LogP contribution in [0.1, 0.15) is 16.3 Å². The van der Waals surface area contributed by atoms with Crippen LogP contribution in [-0.4, -0.2) is 13.4 Å². The van der Waals surface area contributed by atoms with E-state index in [0.717, 1.165) is 11.1 Å². The van der Waals surface area contributed by atoms with Gasteiger partial charge >= 0.3 is 0 Å². The van der Waals surface area contributed by atoms with Gasteiger partial charge in [0.1, 0.15) is 22.3 Å². The van der Waals surface area contributed by atoms with E-state index < -0.39 is 21.4 Å². The molecule has 0 atom stereocenters. The highest BCUT2D eigenvalue weighted by Crippen LogP contribution is 2.18. The molecule has 8 heteroatoms. The van der Waals surface area contributed by atoms with Crippen LogP contribution in [0.4, 0.5) is 4.39 Å². The summed E-state index contributed by atoms with van der Waals surface area (Å²) in [5.41, 5.74) is 0.0837. The molecule has 0 saturated heterocycles. The summed E-state index contributed by atoms with van der Waals surface area (Å²) in [5.74, 6) is -0.861. The maximum atomic E-state index is 13.4. The molecule has 2 aromatic rings. The van der Waals surface area contributed by atoms with Crippen LogP contribution < -0.4 is 4.72 Å². The molecule has 0 aliphatic carbocycles. The number of hydrogen-bond acceptors (Lipinski definition) is 5. The summed E-state index contributed by atoms with van der Waals surface area (Å²) in [6, 6.07) is 5.05. The zero-order chi connectivity index (χ0) is 14.8. The zero-order valence-corrected chi connectivity index (χ0v) is 12.1. The molecule has 0 radical (unpaired) electrons. The van der Waals surface area contributed by atoms with E-state index >= 15 is 0 Å². The van der Waals surface area contributed by atoms with E-state index in [-0.39, 0.29) is 11.4 Å².